The predicted molar refractivity (Wildman–Crippen MR) is 99.2 cm³/mol. The van der Waals surface area contributed by atoms with Crippen molar-refractivity contribution in [2.75, 3.05) is 0 Å². The third kappa shape index (κ3) is 2.50. The summed E-state index contributed by atoms with van der Waals surface area (Å²) >= 11 is 6.00. The highest BCUT2D eigenvalue weighted by atomic mass is 35.5. The zero-order valence-electron chi connectivity index (χ0n) is 14.1. The summed E-state index contributed by atoms with van der Waals surface area (Å²) in [5, 5.41) is 0.415. The molecule has 26 heavy (non-hydrogen) atoms. The van der Waals surface area contributed by atoms with Crippen molar-refractivity contribution in [1.82, 2.24) is 19.1 Å². The Morgan fingerprint density at radius 1 is 1.12 bits per heavy atom. The van der Waals surface area contributed by atoms with Gasteiger partial charge in [-0.1, -0.05) is 11.6 Å². The molecule has 3 heterocycles. The number of halogens is 2. The van der Waals surface area contributed by atoms with Gasteiger partial charge >= 0.3 is 5.69 Å². The Morgan fingerprint density at radius 2 is 1.92 bits per heavy atom. The van der Waals surface area contributed by atoms with Gasteiger partial charge in [0.15, 0.2) is 0 Å². The number of fused-ring (bicyclic) bond motifs is 1. The lowest BCUT2D eigenvalue weighted by atomic mass is 10.1. The van der Waals surface area contributed by atoms with E-state index in [2.05, 4.69) is 9.97 Å². The molecule has 4 aromatic rings. The molecule has 0 spiro atoms. The largest absolute Gasteiger partial charge is 0.333 e. The van der Waals surface area contributed by atoms with Crippen LogP contribution in [-0.4, -0.2) is 19.1 Å². The molecule has 7 heteroatoms. The Balaban J connectivity index is 2.01. The Hall–Kier alpha value is -2.99. The van der Waals surface area contributed by atoms with Crippen LogP contribution in [0.5, 0.6) is 0 Å². The molecule has 5 nitrogen and oxygen atoms in total. The van der Waals surface area contributed by atoms with E-state index in [0.717, 1.165) is 11.1 Å². The number of nitrogens with zero attached hydrogens (tertiary/aromatic N) is 4. The van der Waals surface area contributed by atoms with Crippen molar-refractivity contribution in [3.8, 4) is 16.9 Å². The number of pyridine rings is 2. The molecule has 0 amide bonds. The minimum absolute atomic E-state index is 0.209. The molecule has 0 radical (unpaired) electrons. The summed E-state index contributed by atoms with van der Waals surface area (Å²) in [4.78, 5) is 21.2. The fourth-order valence-electron chi connectivity index (χ4n) is 3.01. The molecule has 4 rings (SSSR count). The monoisotopic (exact) mass is 368 g/mol. The van der Waals surface area contributed by atoms with Gasteiger partial charge in [0.25, 0.3) is 0 Å². The lowest BCUT2D eigenvalue weighted by Crippen LogP contribution is -2.21. The summed E-state index contributed by atoms with van der Waals surface area (Å²) in [6, 6.07) is 7.78. The normalized spacial score (nSPS) is 11.2. The minimum Gasteiger partial charge on any atom is -0.293 e. The van der Waals surface area contributed by atoms with Gasteiger partial charge in [-0.15, -0.1) is 0 Å². The second-order valence-electron chi connectivity index (χ2n) is 6.02. The van der Waals surface area contributed by atoms with Crippen LogP contribution in [0.15, 0.2) is 53.7 Å². The van der Waals surface area contributed by atoms with E-state index in [4.69, 9.17) is 11.6 Å². The Bertz CT molecular complexity index is 1210. The van der Waals surface area contributed by atoms with Crippen molar-refractivity contribution in [3.05, 3.63) is 75.8 Å². The number of benzene rings is 1. The molecule has 0 aliphatic rings. The summed E-state index contributed by atoms with van der Waals surface area (Å²) in [7, 11) is 1.69. The lowest BCUT2D eigenvalue weighted by molar-refractivity contribution is 0.630. The van der Waals surface area contributed by atoms with Crippen LogP contribution in [0.3, 0.4) is 0 Å². The maximum absolute atomic E-state index is 14.2. The van der Waals surface area contributed by atoms with Crippen molar-refractivity contribution in [1.29, 1.82) is 0 Å². The quantitative estimate of drug-likeness (QED) is 0.539. The molecule has 0 saturated carbocycles. The van der Waals surface area contributed by atoms with Crippen LogP contribution in [0.2, 0.25) is 5.02 Å². The average Bonchev–Trinajstić information content (AvgIpc) is 2.89. The van der Waals surface area contributed by atoms with Crippen LogP contribution in [0.1, 0.15) is 5.56 Å². The van der Waals surface area contributed by atoms with Crippen LogP contribution < -0.4 is 5.69 Å². The first kappa shape index (κ1) is 16.5. The van der Waals surface area contributed by atoms with E-state index >= 15 is 0 Å². The molecule has 0 aliphatic carbocycles. The zero-order chi connectivity index (χ0) is 18.4. The summed E-state index contributed by atoms with van der Waals surface area (Å²) in [6.07, 6.45) is 4.89. The van der Waals surface area contributed by atoms with E-state index in [1.165, 1.54) is 22.8 Å². The smallest absolute Gasteiger partial charge is 0.293 e. The molecular formula is C19H14ClFN4O. The van der Waals surface area contributed by atoms with E-state index in [0.29, 0.717) is 21.9 Å². The van der Waals surface area contributed by atoms with E-state index in [-0.39, 0.29) is 11.3 Å². The highest BCUT2D eigenvalue weighted by Gasteiger charge is 2.16. The van der Waals surface area contributed by atoms with Gasteiger partial charge in [-0.25, -0.2) is 9.18 Å². The summed E-state index contributed by atoms with van der Waals surface area (Å²) in [5.74, 6) is -0.425. The number of aromatic nitrogens is 4. The maximum Gasteiger partial charge on any atom is 0.333 e. The third-order valence-corrected chi connectivity index (χ3v) is 4.61. The molecule has 1 aromatic carbocycles. The standard InChI is InChI=1S/C19H14ClFN4O/c1-11-9-23-15(13-7-12(20)3-4-14(13)21)8-17(11)25-16-5-6-22-10-18(16)24(2)19(25)26/h3-10H,1-2H3. The molecule has 0 fully saturated rings. The van der Waals surface area contributed by atoms with Crippen molar-refractivity contribution in [3.63, 3.8) is 0 Å². The number of rotatable bonds is 2. The van der Waals surface area contributed by atoms with Gasteiger partial charge in [0, 0.05) is 30.0 Å². The fraction of sp³-hybridized carbons (Fsp3) is 0.105. The van der Waals surface area contributed by atoms with Crippen molar-refractivity contribution < 1.29 is 4.39 Å². The summed E-state index contributed by atoms with van der Waals surface area (Å²) in [6.45, 7) is 1.85. The second kappa shape index (κ2) is 6.07. The van der Waals surface area contributed by atoms with Gasteiger partial charge in [-0.05, 0) is 42.8 Å². The first-order chi connectivity index (χ1) is 12.5. The van der Waals surface area contributed by atoms with E-state index in [1.807, 2.05) is 6.92 Å². The SMILES string of the molecule is Cc1cnc(-c2cc(Cl)ccc2F)cc1-n1c(=O)n(C)c2cnccc21. The zero-order valence-corrected chi connectivity index (χ0v) is 14.8. The van der Waals surface area contributed by atoms with Gasteiger partial charge in [-0.3, -0.25) is 19.1 Å². The van der Waals surface area contributed by atoms with Gasteiger partial charge in [0.05, 0.1) is 28.6 Å². The summed E-state index contributed by atoms with van der Waals surface area (Å²) < 4.78 is 17.4. The van der Waals surface area contributed by atoms with Gasteiger partial charge < -0.3 is 0 Å². The minimum atomic E-state index is -0.425. The molecule has 0 bridgehead atoms. The Labute approximate surface area is 153 Å². The number of hydrogen-bond donors (Lipinski definition) is 0. The molecule has 0 atom stereocenters. The molecule has 0 aliphatic heterocycles. The highest BCUT2D eigenvalue weighted by molar-refractivity contribution is 6.30. The highest BCUT2D eigenvalue weighted by Crippen LogP contribution is 2.28. The van der Waals surface area contributed by atoms with Crippen LogP contribution in [-0.2, 0) is 7.05 Å². The predicted octanol–water partition coefficient (Wildman–Crippen LogP) is 3.89. The Kier molecular flexibility index (Phi) is 3.85. The van der Waals surface area contributed by atoms with Gasteiger partial charge in [0.1, 0.15) is 5.82 Å². The average molecular weight is 369 g/mol. The van der Waals surface area contributed by atoms with E-state index < -0.39 is 5.82 Å². The van der Waals surface area contributed by atoms with Gasteiger partial charge in [0.2, 0.25) is 0 Å². The maximum atomic E-state index is 14.2. The number of aryl methyl sites for hydroxylation is 2. The van der Waals surface area contributed by atoms with E-state index in [9.17, 15) is 9.18 Å². The van der Waals surface area contributed by atoms with Crippen LogP contribution >= 0.6 is 11.6 Å². The molecule has 3 aromatic heterocycles. The lowest BCUT2D eigenvalue weighted by Gasteiger charge is -2.10. The second-order valence-corrected chi connectivity index (χ2v) is 6.46. The first-order valence-corrected chi connectivity index (χ1v) is 8.29. The van der Waals surface area contributed by atoms with Crippen LogP contribution in [0.4, 0.5) is 4.39 Å². The van der Waals surface area contributed by atoms with E-state index in [1.54, 1.807) is 42.3 Å². The number of hydrogen-bond acceptors (Lipinski definition) is 3. The molecule has 130 valence electrons. The van der Waals surface area contributed by atoms with Crippen LogP contribution in [0, 0.1) is 12.7 Å². The topological polar surface area (TPSA) is 52.7 Å². The van der Waals surface area contributed by atoms with Crippen molar-refractivity contribution >= 4 is 22.6 Å². The van der Waals surface area contributed by atoms with Crippen molar-refractivity contribution in [2.45, 2.75) is 6.92 Å². The molecular weight excluding hydrogens is 355 g/mol. The third-order valence-electron chi connectivity index (χ3n) is 4.38. The molecule has 0 N–H and O–H groups in total. The number of imidazole rings is 1. The van der Waals surface area contributed by atoms with Crippen LogP contribution in [0.25, 0.3) is 28.0 Å². The first-order valence-electron chi connectivity index (χ1n) is 7.91. The van der Waals surface area contributed by atoms with Crippen molar-refractivity contribution in [2.24, 2.45) is 7.05 Å². The molecule has 0 unspecified atom stereocenters. The Morgan fingerprint density at radius 3 is 2.73 bits per heavy atom. The van der Waals surface area contributed by atoms with Gasteiger partial charge in [-0.2, -0.15) is 0 Å². The molecule has 0 saturated heterocycles. The summed E-state index contributed by atoms with van der Waals surface area (Å²) in [5.41, 5.74) is 3.35. The fourth-order valence-corrected chi connectivity index (χ4v) is 3.18.